The highest BCUT2D eigenvalue weighted by Gasteiger charge is 2.37. The molecule has 2 aliphatic heterocycles. The van der Waals surface area contributed by atoms with Gasteiger partial charge in [0.15, 0.2) is 0 Å². The number of sulfonamides is 1. The number of piperazine rings is 1. The number of hydrogen-bond donors (Lipinski definition) is 0. The minimum absolute atomic E-state index is 0.0577. The zero-order chi connectivity index (χ0) is 19.8. The molecule has 6 nitrogen and oxygen atoms in total. The van der Waals surface area contributed by atoms with Crippen molar-refractivity contribution in [3.63, 3.8) is 0 Å². The summed E-state index contributed by atoms with van der Waals surface area (Å²) >= 11 is 0. The standard InChI is InChI=1S/C19H28FN3O3S/c1-14-4-5-15(2)27(25,26)23(14)13-17-6-7-18(12-19(17)20)22-10-8-21(9-11-22)16(3)24/h6-7,12,14-15H,4-5,8-11,13H2,1-3H3/t14-,15?/m0/s1. The third-order valence-corrected chi connectivity index (χ3v) is 8.17. The van der Waals surface area contributed by atoms with E-state index >= 15 is 0 Å². The predicted octanol–water partition coefficient (Wildman–Crippen LogP) is 2.20. The SMILES string of the molecule is CC(=O)N1CCN(c2ccc(CN3[C@@H](C)CCC(C)S3(=O)=O)c(F)c2)CC1. The van der Waals surface area contributed by atoms with Gasteiger partial charge in [0.1, 0.15) is 5.82 Å². The van der Waals surface area contributed by atoms with E-state index in [1.807, 2.05) is 13.0 Å². The average molecular weight is 398 g/mol. The first-order valence-electron chi connectivity index (χ1n) is 9.49. The lowest BCUT2D eigenvalue weighted by Gasteiger charge is -2.37. The molecule has 0 bridgehead atoms. The number of nitrogens with zero attached hydrogens (tertiary/aromatic N) is 3. The van der Waals surface area contributed by atoms with Crippen LogP contribution in [0.15, 0.2) is 18.2 Å². The molecule has 0 spiro atoms. The molecule has 2 aliphatic rings. The van der Waals surface area contributed by atoms with E-state index in [-0.39, 0.29) is 24.3 Å². The fraction of sp³-hybridized carbons (Fsp3) is 0.632. The minimum Gasteiger partial charge on any atom is -0.368 e. The molecule has 1 amide bonds. The lowest BCUT2D eigenvalue weighted by molar-refractivity contribution is -0.129. The Bertz CT molecular complexity index is 806. The van der Waals surface area contributed by atoms with Crippen molar-refractivity contribution < 1.29 is 17.6 Å². The van der Waals surface area contributed by atoms with Crippen molar-refractivity contribution in [1.82, 2.24) is 9.21 Å². The molecule has 2 fully saturated rings. The quantitative estimate of drug-likeness (QED) is 0.785. The van der Waals surface area contributed by atoms with Gasteiger partial charge in [-0.1, -0.05) is 6.07 Å². The summed E-state index contributed by atoms with van der Waals surface area (Å²) in [6.07, 6.45) is 1.44. The van der Waals surface area contributed by atoms with Gasteiger partial charge in [-0.05, 0) is 38.8 Å². The van der Waals surface area contributed by atoms with E-state index in [1.165, 1.54) is 10.4 Å². The fourth-order valence-corrected chi connectivity index (χ4v) is 5.63. The van der Waals surface area contributed by atoms with Crippen molar-refractivity contribution in [1.29, 1.82) is 0 Å². The van der Waals surface area contributed by atoms with E-state index in [0.29, 0.717) is 38.2 Å². The van der Waals surface area contributed by atoms with Gasteiger partial charge in [-0.3, -0.25) is 4.79 Å². The van der Waals surface area contributed by atoms with Gasteiger partial charge in [0.25, 0.3) is 0 Å². The summed E-state index contributed by atoms with van der Waals surface area (Å²) in [6, 6.07) is 4.88. The number of amides is 1. The third kappa shape index (κ3) is 4.11. The molecule has 8 heteroatoms. The van der Waals surface area contributed by atoms with Gasteiger partial charge >= 0.3 is 0 Å². The molecule has 0 aliphatic carbocycles. The van der Waals surface area contributed by atoms with Gasteiger partial charge in [0.05, 0.1) is 5.25 Å². The van der Waals surface area contributed by atoms with Crippen LogP contribution in [0.3, 0.4) is 0 Å². The number of rotatable bonds is 3. The van der Waals surface area contributed by atoms with Crippen LogP contribution in [0.25, 0.3) is 0 Å². The lowest BCUT2D eigenvalue weighted by atomic mass is 10.1. The number of anilines is 1. The summed E-state index contributed by atoms with van der Waals surface area (Å²) in [5, 5.41) is -0.423. The van der Waals surface area contributed by atoms with E-state index < -0.39 is 15.3 Å². The van der Waals surface area contributed by atoms with Gasteiger partial charge in [0.2, 0.25) is 15.9 Å². The Morgan fingerprint density at radius 3 is 2.41 bits per heavy atom. The van der Waals surface area contributed by atoms with E-state index in [0.717, 1.165) is 12.1 Å². The molecule has 150 valence electrons. The Kier molecular flexibility index (Phi) is 5.76. The molecule has 2 atom stereocenters. The van der Waals surface area contributed by atoms with Crippen molar-refractivity contribution in [3.05, 3.63) is 29.6 Å². The Morgan fingerprint density at radius 2 is 1.81 bits per heavy atom. The van der Waals surface area contributed by atoms with Crippen LogP contribution in [-0.4, -0.2) is 61.0 Å². The highest BCUT2D eigenvalue weighted by atomic mass is 32.2. The molecule has 2 saturated heterocycles. The molecule has 3 rings (SSSR count). The van der Waals surface area contributed by atoms with Crippen LogP contribution in [0.4, 0.5) is 10.1 Å². The normalized spacial score (nSPS) is 26.2. The van der Waals surface area contributed by atoms with Crippen LogP contribution in [0, 0.1) is 5.82 Å². The van der Waals surface area contributed by atoms with E-state index in [1.54, 1.807) is 24.8 Å². The summed E-state index contributed by atoms with van der Waals surface area (Å²) in [6.45, 7) is 7.79. The number of hydrogen-bond acceptors (Lipinski definition) is 4. The maximum Gasteiger partial charge on any atom is 0.219 e. The summed E-state index contributed by atoms with van der Waals surface area (Å²) < 4.78 is 41.4. The Morgan fingerprint density at radius 1 is 1.15 bits per heavy atom. The summed E-state index contributed by atoms with van der Waals surface area (Å²) in [5.74, 6) is -0.329. The van der Waals surface area contributed by atoms with Gasteiger partial charge in [-0.15, -0.1) is 0 Å². The topological polar surface area (TPSA) is 60.9 Å². The zero-order valence-corrected chi connectivity index (χ0v) is 17.0. The van der Waals surface area contributed by atoms with E-state index in [9.17, 15) is 17.6 Å². The molecule has 27 heavy (non-hydrogen) atoms. The monoisotopic (exact) mass is 397 g/mol. The molecular weight excluding hydrogens is 369 g/mol. The van der Waals surface area contributed by atoms with Crippen molar-refractivity contribution in [3.8, 4) is 0 Å². The Balaban J connectivity index is 1.73. The lowest BCUT2D eigenvalue weighted by Crippen LogP contribution is -2.48. The van der Waals surface area contributed by atoms with Crippen LogP contribution >= 0.6 is 0 Å². The first-order chi connectivity index (χ1) is 12.7. The molecule has 1 aromatic carbocycles. The molecule has 0 saturated carbocycles. The van der Waals surface area contributed by atoms with Crippen LogP contribution in [0.1, 0.15) is 39.2 Å². The van der Waals surface area contributed by atoms with Crippen LogP contribution < -0.4 is 4.90 Å². The van der Waals surface area contributed by atoms with Crippen LogP contribution in [-0.2, 0) is 21.4 Å². The first-order valence-corrected chi connectivity index (χ1v) is 11.0. The second-order valence-electron chi connectivity index (χ2n) is 7.60. The molecule has 2 heterocycles. The molecular formula is C19H28FN3O3S. The second kappa shape index (κ2) is 7.75. The van der Waals surface area contributed by atoms with E-state index in [2.05, 4.69) is 4.90 Å². The number of carbonyl (C=O) groups is 1. The highest BCUT2D eigenvalue weighted by molar-refractivity contribution is 7.89. The van der Waals surface area contributed by atoms with Gasteiger partial charge in [0, 0.05) is 56.9 Å². The summed E-state index contributed by atoms with van der Waals surface area (Å²) in [7, 11) is -3.39. The number of halogens is 1. The van der Waals surface area contributed by atoms with Crippen LogP contribution in [0.2, 0.25) is 0 Å². The predicted molar refractivity (Wildman–Crippen MR) is 103 cm³/mol. The van der Waals surface area contributed by atoms with Gasteiger partial charge < -0.3 is 9.80 Å². The van der Waals surface area contributed by atoms with E-state index in [4.69, 9.17) is 0 Å². The average Bonchev–Trinajstić information content (AvgIpc) is 2.63. The maximum absolute atomic E-state index is 14.7. The Hall–Kier alpha value is -1.67. The zero-order valence-electron chi connectivity index (χ0n) is 16.2. The fourth-order valence-electron chi connectivity index (χ4n) is 3.81. The molecule has 1 unspecified atom stereocenters. The van der Waals surface area contributed by atoms with Crippen molar-refractivity contribution in [2.24, 2.45) is 0 Å². The second-order valence-corrected chi connectivity index (χ2v) is 9.90. The smallest absolute Gasteiger partial charge is 0.219 e. The third-order valence-electron chi connectivity index (χ3n) is 5.77. The van der Waals surface area contributed by atoms with Crippen molar-refractivity contribution >= 4 is 21.6 Å². The van der Waals surface area contributed by atoms with Crippen molar-refractivity contribution in [2.45, 2.75) is 51.4 Å². The minimum atomic E-state index is -3.39. The number of benzene rings is 1. The van der Waals surface area contributed by atoms with Gasteiger partial charge in [-0.2, -0.15) is 4.31 Å². The molecule has 0 radical (unpaired) electrons. The highest BCUT2D eigenvalue weighted by Crippen LogP contribution is 2.29. The van der Waals surface area contributed by atoms with Crippen molar-refractivity contribution in [2.75, 3.05) is 31.1 Å². The first kappa shape index (κ1) is 20.1. The Labute approximate surface area is 161 Å². The molecule has 1 aromatic rings. The molecule has 0 aromatic heterocycles. The van der Waals surface area contributed by atoms with Crippen LogP contribution in [0.5, 0.6) is 0 Å². The molecule has 0 N–H and O–H groups in total. The summed E-state index contributed by atoms with van der Waals surface area (Å²) in [4.78, 5) is 15.3. The number of carbonyl (C=O) groups excluding carboxylic acids is 1. The largest absolute Gasteiger partial charge is 0.368 e. The van der Waals surface area contributed by atoms with Gasteiger partial charge in [-0.25, -0.2) is 12.8 Å². The maximum atomic E-state index is 14.7. The summed E-state index contributed by atoms with van der Waals surface area (Å²) in [5.41, 5.74) is 1.16.